The number of aliphatic hydroxyl groups excluding tert-OH is 1. The van der Waals surface area contributed by atoms with Crippen LogP contribution in [-0.2, 0) is 4.79 Å². The Morgan fingerprint density at radius 1 is 1.46 bits per heavy atom. The topological polar surface area (TPSA) is 90.9 Å². The van der Waals surface area contributed by atoms with E-state index < -0.39 is 6.10 Å². The van der Waals surface area contributed by atoms with Gasteiger partial charge in [0.25, 0.3) is 0 Å². The number of carbonyl (C=O) groups excluding carboxylic acids is 1. The Hall–Kier alpha value is -1.69. The first kappa shape index (κ1) is 17.1. The molecule has 0 bridgehead atoms. The van der Waals surface area contributed by atoms with E-state index in [2.05, 4.69) is 34.3 Å². The highest BCUT2D eigenvalue weighted by Gasteiger charge is 2.35. The van der Waals surface area contributed by atoms with Crippen LogP contribution in [0, 0.1) is 11.3 Å². The second-order valence-corrected chi connectivity index (χ2v) is 7.87. The summed E-state index contributed by atoms with van der Waals surface area (Å²) in [5.41, 5.74) is 1.37. The van der Waals surface area contributed by atoms with Crippen LogP contribution in [0.1, 0.15) is 64.1 Å². The van der Waals surface area contributed by atoms with Crippen molar-refractivity contribution in [3.05, 3.63) is 23.8 Å². The number of aliphatic hydroxyl groups is 1. The monoisotopic (exact) mass is 332 g/mol. The molecule has 0 saturated heterocycles. The number of H-pyrrole nitrogens is 1. The molecule has 2 fully saturated rings. The van der Waals surface area contributed by atoms with Crippen LogP contribution in [0.5, 0.6) is 0 Å². The van der Waals surface area contributed by atoms with Crippen LogP contribution >= 0.6 is 0 Å². The van der Waals surface area contributed by atoms with E-state index in [-0.39, 0.29) is 23.2 Å². The molecular formula is C18H28N4O2. The third kappa shape index (κ3) is 3.86. The van der Waals surface area contributed by atoms with Gasteiger partial charge in [0.2, 0.25) is 5.91 Å². The molecule has 0 aliphatic heterocycles. The first-order chi connectivity index (χ1) is 11.5. The SMILES string of the molecule is CC1(C)CCCC/C1=C\C(=O)NC[C@@H]1C[C@@H](c2ncn[nH]2)C[C@@H]1O. The molecule has 3 N–H and O–H groups in total. The normalized spacial score (nSPS) is 31.3. The van der Waals surface area contributed by atoms with Crippen molar-refractivity contribution in [2.45, 2.75) is 64.4 Å². The van der Waals surface area contributed by atoms with Gasteiger partial charge in [-0.2, -0.15) is 5.10 Å². The van der Waals surface area contributed by atoms with Crippen molar-refractivity contribution < 1.29 is 9.90 Å². The Labute approximate surface area is 143 Å². The molecule has 1 heterocycles. The highest BCUT2D eigenvalue weighted by molar-refractivity contribution is 5.88. The molecule has 6 heteroatoms. The zero-order chi connectivity index (χ0) is 17.2. The van der Waals surface area contributed by atoms with Gasteiger partial charge in [-0.1, -0.05) is 25.8 Å². The van der Waals surface area contributed by atoms with E-state index in [1.807, 2.05) is 0 Å². The number of rotatable bonds is 4. The van der Waals surface area contributed by atoms with Crippen LogP contribution in [0.25, 0.3) is 0 Å². The standard InChI is InChI=1S/C18H28N4O2/c1-18(2)6-4-3-5-14(18)9-16(24)19-10-13-7-12(8-15(13)23)17-20-11-21-22-17/h9,11-13,15,23H,3-8,10H2,1-2H3,(H,19,24)(H,20,21,22)/b14-9+/t12-,13+,15+/m1/s1. The van der Waals surface area contributed by atoms with Crippen molar-refractivity contribution >= 4 is 5.91 Å². The molecule has 132 valence electrons. The second-order valence-electron chi connectivity index (χ2n) is 7.87. The van der Waals surface area contributed by atoms with Gasteiger partial charge in [-0.25, -0.2) is 4.98 Å². The molecule has 24 heavy (non-hydrogen) atoms. The van der Waals surface area contributed by atoms with E-state index in [1.54, 1.807) is 6.08 Å². The van der Waals surface area contributed by atoms with Crippen molar-refractivity contribution in [2.75, 3.05) is 6.54 Å². The summed E-state index contributed by atoms with van der Waals surface area (Å²) in [4.78, 5) is 16.5. The number of carbonyl (C=O) groups is 1. The zero-order valence-corrected chi connectivity index (χ0v) is 14.6. The molecule has 1 amide bonds. The number of nitrogens with zero attached hydrogens (tertiary/aromatic N) is 2. The molecule has 2 saturated carbocycles. The van der Waals surface area contributed by atoms with Gasteiger partial charge in [0.05, 0.1) is 6.10 Å². The molecule has 0 radical (unpaired) electrons. The average Bonchev–Trinajstić information content (AvgIpc) is 3.17. The molecular weight excluding hydrogens is 304 g/mol. The quantitative estimate of drug-likeness (QED) is 0.738. The van der Waals surface area contributed by atoms with Crippen LogP contribution in [0.3, 0.4) is 0 Å². The average molecular weight is 332 g/mol. The maximum Gasteiger partial charge on any atom is 0.243 e. The number of allylic oxidation sites excluding steroid dienone is 1. The lowest BCUT2D eigenvalue weighted by Crippen LogP contribution is -2.32. The smallest absolute Gasteiger partial charge is 0.243 e. The Balaban J connectivity index is 1.53. The number of aromatic nitrogens is 3. The van der Waals surface area contributed by atoms with Crippen LogP contribution in [0.2, 0.25) is 0 Å². The van der Waals surface area contributed by atoms with E-state index >= 15 is 0 Å². The van der Waals surface area contributed by atoms with Gasteiger partial charge < -0.3 is 10.4 Å². The summed E-state index contributed by atoms with van der Waals surface area (Å²) in [6.07, 6.45) is 8.93. The molecule has 3 rings (SSSR count). The zero-order valence-electron chi connectivity index (χ0n) is 14.6. The van der Waals surface area contributed by atoms with Gasteiger partial charge in [-0.15, -0.1) is 0 Å². The van der Waals surface area contributed by atoms with Crippen molar-refractivity contribution in [1.29, 1.82) is 0 Å². The molecule has 3 atom stereocenters. The third-order valence-electron chi connectivity index (χ3n) is 5.69. The number of hydrogen-bond acceptors (Lipinski definition) is 4. The Morgan fingerprint density at radius 2 is 2.29 bits per heavy atom. The molecule has 1 aromatic rings. The van der Waals surface area contributed by atoms with Crippen molar-refractivity contribution in [1.82, 2.24) is 20.5 Å². The molecule has 0 aromatic carbocycles. The summed E-state index contributed by atoms with van der Waals surface area (Å²) < 4.78 is 0. The van der Waals surface area contributed by atoms with Crippen LogP contribution in [0.4, 0.5) is 0 Å². The fourth-order valence-electron chi connectivity index (χ4n) is 4.05. The van der Waals surface area contributed by atoms with E-state index in [0.717, 1.165) is 25.1 Å². The summed E-state index contributed by atoms with van der Waals surface area (Å²) in [5, 5.41) is 20.0. The minimum absolute atomic E-state index is 0.0321. The van der Waals surface area contributed by atoms with Crippen LogP contribution in [-0.4, -0.2) is 38.8 Å². The van der Waals surface area contributed by atoms with E-state index in [1.165, 1.54) is 24.7 Å². The number of hydrogen-bond donors (Lipinski definition) is 3. The summed E-state index contributed by atoms with van der Waals surface area (Å²) in [7, 11) is 0. The minimum Gasteiger partial charge on any atom is -0.393 e. The van der Waals surface area contributed by atoms with Crippen molar-refractivity contribution in [3.63, 3.8) is 0 Å². The lowest BCUT2D eigenvalue weighted by atomic mass is 9.73. The lowest BCUT2D eigenvalue weighted by Gasteiger charge is -2.32. The van der Waals surface area contributed by atoms with Gasteiger partial charge in [-0.05, 0) is 37.5 Å². The highest BCUT2D eigenvalue weighted by Crippen LogP contribution is 2.40. The maximum atomic E-state index is 12.3. The van der Waals surface area contributed by atoms with Gasteiger partial charge in [-0.3, -0.25) is 9.89 Å². The number of aromatic amines is 1. The maximum absolute atomic E-state index is 12.3. The predicted molar refractivity (Wildman–Crippen MR) is 91.2 cm³/mol. The third-order valence-corrected chi connectivity index (χ3v) is 5.69. The van der Waals surface area contributed by atoms with E-state index in [0.29, 0.717) is 13.0 Å². The van der Waals surface area contributed by atoms with Gasteiger partial charge in [0, 0.05) is 24.5 Å². The Kier molecular flexibility index (Phi) is 5.04. The van der Waals surface area contributed by atoms with Crippen molar-refractivity contribution in [3.8, 4) is 0 Å². The van der Waals surface area contributed by atoms with Crippen molar-refractivity contribution in [2.24, 2.45) is 11.3 Å². The fraction of sp³-hybridized carbons (Fsp3) is 0.722. The summed E-state index contributed by atoms with van der Waals surface area (Å²) in [5.74, 6) is 1.06. The Morgan fingerprint density at radius 3 is 3.00 bits per heavy atom. The van der Waals surface area contributed by atoms with Gasteiger partial charge in [0.1, 0.15) is 12.2 Å². The summed E-state index contributed by atoms with van der Waals surface area (Å²) in [6.45, 7) is 4.94. The fourth-order valence-corrected chi connectivity index (χ4v) is 4.05. The molecule has 0 spiro atoms. The molecule has 2 aliphatic rings. The van der Waals surface area contributed by atoms with Crippen LogP contribution < -0.4 is 5.32 Å². The summed E-state index contributed by atoms with van der Waals surface area (Å²) in [6, 6.07) is 0. The van der Waals surface area contributed by atoms with Crippen LogP contribution in [0.15, 0.2) is 18.0 Å². The largest absolute Gasteiger partial charge is 0.393 e. The second kappa shape index (κ2) is 7.05. The van der Waals surface area contributed by atoms with Gasteiger partial charge >= 0.3 is 0 Å². The molecule has 6 nitrogen and oxygen atoms in total. The predicted octanol–water partition coefficient (Wildman–Crippen LogP) is 2.30. The highest BCUT2D eigenvalue weighted by atomic mass is 16.3. The molecule has 2 aliphatic carbocycles. The first-order valence-electron chi connectivity index (χ1n) is 8.98. The number of nitrogens with one attached hydrogen (secondary N) is 2. The summed E-state index contributed by atoms with van der Waals surface area (Å²) >= 11 is 0. The number of amides is 1. The first-order valence-corrected chi connectivity index (χ1v) is 8.98. The molecule has 1 aromatic heterocycles. The van der Waals surface area contributed by atoms with E-state index in [4.69, 9.17) is 0 Å². The Bertz CT molecular complexity index is 594. The van der Waals surface area contributed by atoms with Gasteiger partial charge in [0.15, 0.2) is 0 Å². The molecule has 0 unspecified atom stereocenters. The minimum atomic E-state index is -0.404. The lowest BCUT2D eigenvalue weighted by molar-refractivity contribution is -0.116. The van der Waals surface area contributed by atoms with E-state index in [9.17, 15) is 9.90 Å².